The van der Waals surface area contributed by atoms with E-state index >= 15 is 0 Å². The molecule has 0 aromatic heterocycles. The first-order valence-corrected chi connectivity index (χ1v) is 28.3. The Hall–Kier alpha value is -1.57. The van der Waals surface area contributed by atoms with Gasteiger partial charge >= 0.3 is 11.9 Å². The number of esters is 2. The Morgan fingerprint density at radius 3 is 1.06 bits per heavy atom. The SMILES string of the molecule is CCCCCCCCCCCCCCCC(=O)N[C@H](C=O)CSC[C@H](COC(=O)CCCCCCCCCCCCCCC)OC(=O)CCCCCCCCCCCCCCC. The van der Waals surface area contributed by atoms with Crippen LogP contribution in [0.2, 0.25) is 0 Å². The molecule has 366 valence electrons. The Kier molecular flexibility index (Phi) is 49.2. The third kappa shape index (κ3) is 46.4. The van der Waals surface area contributed by atoms with Crippen molar-refractivity contribution in [1.82, 2.24) is 5.32 Å². The lowest BCUT2D eigenvalue weighted by molar-refractivity contribution is -0.157. The zero-order valence-corrected chi connectivity index (χ0v) is 42.2. The summed E-state index contributed by atoms with van der Waals surface area (Å²) in [5, 5.41) is 2.88. The van der Waals surface area contributed by atoms with Gasteiger partial charge in [0.2, 0.25) is 5.91 Å². The molecule has 1 amide bonds. The van der Waals surface area contributed by atoms with Crippen molar-refractivity contribution in [3.05, 3.63) is 0 Å². The second kappa shape index (κ2) is 50.4. The van der Waals surface area contributed by atoms with E-state index in [-0.39, 0.29) is 24.5 Å². The Morgan fingerprint density at radius 1 is 0.419 bits per heavy atom. The molecule has 0 spiro atoms. The average molecular weight is 894 g/mol. The molecule has 0 heterocycles. The molecular formula is C54H103NO6S. The molecule has 0 aromatic carbocycles. The molecule has 0 saturated heterocycles. The Labute approximate surface area is 389 Å². The average Bonchev–Trinajstić information content (AvgIpc) is 3.27. The van der Waals surface area contributed by atoms with Crippen LogP contribution in [0.4, 0.5) is 0 Å². The van der Waals surface area contributed by atoms with Gasteiger partial charge in [-0.2, -0.15) is 11.8 Å². The molecule has 7 nitrogen and oxygen atoms in total. The van der Waals surface area contributed by atoms with Crippen LogP contribution in [0.15, 0.2) is 0 Å². The maximum absolute atomic E-state index is 12.9. The van der Waals surface area contributed by atoms with Crippen molar-refractivity contribution in [3.63, 3.8) is 0 Å². The van der Waals surface area contributed by atoms with E-state index in [9.17, 15) is 19.2 Å². The number of carbonyl (C=O) groups is 4. The van der Waals surface area contributed by atoms with Crippen molar-refractivity contribution in [2.24, 2.45) is 0 Å². The normalized spacial score (nSPS) is 12.3. The van der Waals surface area contributed by atoms with E-state index in [0.29, 0.717) is 30.8 Å². The largest absolute Gasteiger partial charge is 0.462 e. The summed E-state index contributed by atoms with van der Waals surface area (Å²) in [5.74, 6) is 0.183. The van der Waals surface area contributed by atoms with E-state index in [1.54, 1.807) is 0 Å². The first-order valence-electron chi connectivity index (χ1n) is 27.1. The lowest BCUT2D eigenvalue weighted by atomic mass is 10.0. The van der Waals surface area contributed by atoms with Crippen molar-refractivity contribution in [1.29, 1.82) is 0 Å². The summed E-state index contributed by atoms with van der Waals surface area (Å²) in [6.07, 6.45) is 50.2. The van der Waals surface area contributed by atoms with Gasteiger partial charge in [0.15, 0.2) is 0 Å². The fourth-order valence-electron chi connectivity index (χ4n) is 8.22. The van der Waals surface area contributed by atoms with Crippen LogP contribution in [0, 0.1) is 0 Å². The highest BCUT2D eigenvalue weighted by Crippen LogP contribution is 2.17. The zero-order valence-electron chi connectivity index (χ0n) is 41.4. The molecule has 0 fully saturated rings. The highest BCUT2D eigenvalue weighted by atomic mass is 32.2. The summed E-state index contributed by atoms with van der Waals surface area (Å²) in [5.41, 5.74) is 0. The second-order valence-electron chi connectivity index (χ2n) is 18.6. The quantitative estimate of drug-likeness (QED) is 0.0369. The van der Waals surface area contributed by atoms with E-state index in [2.05, 4.69) is 26.1 Å². The first kappa shape index (κ1) is 60.4. The van der Waals surface area contributed by atoms with Gasteiger partial charge in [-0.05, 0) is 19.3 Å². The Balaban J connectivity index is 4.48. The van der Waals surface area contributed by atoms with Gasteiger partial charge in [-0.3, -0.25) is 14.4 Å². The molecule has 0 aliphatic heterocycles. The number of rotatable bonds is 51. The van der Waals surface area contributed by atoms with Gasteiger partial charge in [-0.15, -0.1) is 0 Å². The van der Waals surface area contributed by atoms with Gasteiger partial charge in [0.05, 0.1) is 6.04 Å². The number of thioether (sulfide) groups is 1. The third-order valence-electron chi connectivity index (χ3n) is 12.3. The number of nitrogens with one attached hydrogen (secondary N) is 1. The number of hydrogen-bond acceptors (Lipinski definition) is 7. The summed E-state index contributed by atoms with van der Waals surface area (Å²) in [6, 6.07) is -0.602. The minimum absolute atomic E-state index is 0.0196. The number of carbonyl (C=O) groups excluding carboxylic acids is 4. The lowest BCUT2D eigenvalue weighted by Crippen LogP contribution is -2.38. The van der Waals surface area contributed by atoms with Crippen LogP contribution in [0.1, 0.15) is 290 Å². The molecule has 0 rings (SSSR count). The van der Waals surface area contributed by atoms with Crippen LogP contribution < -0.4 is 5.32 Å². The number of ether oxygens (including phenoxy) is 2. The van der Waals surface area contributed by atoms with E-state index in [1.807, 2.05) is 0 Å². The second-order valence-corrected chi connectivity index (χ2v) is 19.7. The van der Waals surface area contributed by atoms with Crippen molar-refractivity contribution in [2.75, 3.05) is 18.1 Å². The Bertz CT molecular complexity index is 979. The van der Waals surface area contributed by atoms with Crippen LogP contribution in [0.5, 0.6) is 0 Å². The van der Waals surface area contributed by atoms with Crippen LogP contribution in [-0.4, -0.2) is 54.4 Å². The topological polar surface area (TPSA) is 98.8 Å². The summed E-state index contributed by atoms with van der Waals surface area (Å²) < 4.78 is 11.5. The number of aldehydes is 1. The van der Waals surface area contributed by atoms with Crippen LogP contribution in [0.25, 0.3) is 0 Å². The van der Waals surface area contributed by atoms with Crippen molar-refractivity contribution < 1.29 is 28.7 Å². The highest BCUT2D eigenvalue weighted by Gasteiger charge is 2.19. The monoisotopic (exact) mass is 894 g/mol. The molecule has 62 heavy (non-hydrogen) atoms. The summed E-state index contributed by atoms with van der Waals surface area (Å²) in [7, 11) is 0. The van der Waals surface area contributed by atoms with E-state index in [4.69, 9.17) is 9.47 Å². The molecule has 8 heteroatoms. The predicted molar refractivity (Wildman–Crippen MR) is 267 cm³/mol. The van der Waals surface area contributed by atoms with E-state index in [0.717, 1.165) is 64.1 Å². The van der Waals surface area contributed by atoms with Gasteiger partial charge in [0.1, 0.15) is 19.0 Å². The molecule has 0 bridgehead atoms. The lowest BCUT2D eigenvalue weighted by Gasteiger charge is -2.19. The number of amides is 1. The number of hydrogen-bond donors (Lipinski definition) is 1. The molecule has 1 N–H and O–H groups in total. The number of unbranched alkanes of at least 4 members (excludes halogenated alkanes) is 36. The third-order valence-corrected chi connectivity index (χ3v) is 13.5. The molecule has 0 aliphatic carbocycles. The molecule has 0 radical (unpaired) electrons. The van der Waals surface area contributed by atoms with Crippen LogP contribution in [0.3, 0.4) is 0 Å². The molecular weight excluding hydrogens is 791 g/mol. The van der Waals surface area contributed by atoms with Crippen molar-refractivity contribution in [3.8, 4) is 0 Å². The fraction of sp³-hybridized carbons (Fsp3) is 0.926. The van der Waals surface area contributed by atoms with Gasteiger partial charge in [0, 0.05) is 30.8 Å². The van der Waals surface area contributed by atoms with Gasteiger partial charge in [-0.1, -0.05) is 252 Å². The van der Waals surface area contributed by atoms with Crippen LogP contribution in [-0.2, 0) is 28.7 Å². The molecule has 2 atom stereocenters. The highest BCUT2D eigenvalue weighted by molar-refractivity contribution is 7.99. The van der Waals surface area contributed by atoms with Crippen LogP contribution >= 0.6 is 11.8 Å². The maximum atomic E-state index is 12.9. The summed E-state index contributed by atoms with van der Waals surface area (Å²) in [6.45, 7) is 6.81. The first-order chi connectivity index (χ1) is 30.5. The molecule has 0 aromatic rings. The Morgan fingerprint density at radius 2 is 0.726 bits per heavy atom. The molecule has 0 aliphatic rings. The smallest absolute Gasteiger partial charge is 0.306 e. The van der Waals surface area contributed by atoms with Gasteiger partial charge in [0.25, 0.3) is 0 Å². The van der Waals surface area contributed by atoms with Gasteiger partial charge < -0.3 is 19.6 Å². The minimum Gasteiger partial charge on any atom is -0.462 e. The molecule has 0 unspecified atom stereocenters. The van der Waals surface area contributed by atoms with Gasteiger partial charge in [-0.25, -0.2) is 0 Å². The van der Waals surface area contributed by atoms with E-state index in [1.165, 1.54) is 204 Å². The van der Waals surface area contributed by atoms with E-state index < -0.39 is 12.1 Å². The fourth-order valence-corrected chi connectivity index (χ4v) is 9.20. The summed E-state index contributed by atoms with van der Waals surface area (Å²) in [4.78, 5) is 50.1. The predicted octanol–water partition coefficient (Wildman–Crippen LogP) is 16.3. The van der Waals surface area contributed by atoms with Crippen molar-refractivity contribution >= 4 is 35.9 Å². The van der Waals surface area contributed by atoms with Crippen molar-refractivity contribution in [2.45, 2.75) is 303 Å². The zero-order chi connectivity index (χ0) is 45.2. The standard InChI is InChI=1S/C54H103NO6S/c1-4-7-10-13-16-19-22-25-28-31-34-37-40-43-52(57)55-50(46-56)48-62-49-51(61-54(59)45-42-39-36-33-30-27-24-21-18-15-12-9-6-3)47-60-53(58)44-41-38-35-32-29-26-23-20-17-14-11-8-5-2/h46,50-51H,4-45,47-49H2,1-3H3,(H,55,57)/t50-,51+/m1/s1. The maximum Gasteiger partial charge on any atom is 0.306 e. The molecule has 0 saturated carbocycles. The minimum atomic E-state index is -0.602. The summed E-state index contributed by atoms with van der Waals surface area (Å²) >= 11 is 1.45.